The second-order valence-corrected chi connectivity index (χ2v) is 3.49. The SMILES string of the molecule is NCCCCC(N)C(=O)[SiH3]. The summed E-state index contributed by atoms with van der Waals surface area (Å²) < 4.78 is 0. The molecule has 0 saturated heterocycles. The smallest absolute Gasteiger partial charge is 0.116 e. The van der Waals surface area contributed by atoms with Crippen molar-refractivity contribution in [3.05, 3.63) is 0 Å². The third-order valence-electron chi connectivity index (χ3n) is 1.49. The van der Waals surface area contributed by atoms with Crippen molar-refractivity contribution in [1.82, 2.24) is 0 Å². The van der Waals surface area contributed by atoms with Gasteiger partial charge >= 0.3 is 0 Å². The van der Waals surface area contributed by atoms with Gasteiger partial charge in [-0.15, -0.1) is 0 Å². The second kappa shape index (κ2) is 5.58. The molecule has 10 heavy (non-hydrogen) atoms. The van der Waals surface area contributed by atoms with Crippen LogP contribution in [0.5, 0.6) is 0 Å². The highest BCUT2D eigenvalue weighted by Gasteiger charge is 2.05. The number of carbonyl (C=O) groups is 1. The Balaban J connectivity index is 3.21. The summed E-state index contributed by atoms with van der Waals surface area (Å²) in [5.41, 5.74) is 10.8. The molecule has 0 aromatic carbocycles. The average Bonchev–Trinajstić information content (AvgIpc) is 1.88. The molecule has 0 spiro atoms. The summed E-state index contributed by atoms with van der Waals surface area (Å²) in [6.45, 7) is 0.696. The monoisotopic (exact) mass is 160 g/mol. The molecule has 0 saturated carbocycles. The third kappa shape index (κ3) is 4.66. The van der Waals surface area contributed by atoms with Crippen LogP contribution < -0.4 is 11.5 Å². The van der Waals surface area contributed by atoms with E-state index in [4.69, 9.17) is 11.5 Å². The van der Waals surface area contributed by atoms with Gasteiger partial charge in [-0.1, -0.05) is 6.42 Å². The van der Waals surface area contributed by atoms with Gasteiger partial charge in [0.1, 0.15) is 5.41 Å². The maximum Gasteiger partial charge on any atom is 0.116 e. The number of hydrogen-bond donors (Lipinski definition) is 2. The molecule has 0 aromatic rings. The molecule has 3 nitrogen and oxygen atoms in total. The van der Waals surface area contributed by atoms with Gasteiger partial charge in [0.15, 0.2) is 0 Å². The lowest BCUT2D eigenvalue weighted by Crippen LogP contribution is -2.30. The Morgan fingerprint density at radius 3 is 2.50 bits per heavy atom. The zero-order chi connectivity index (χ0) is 7.98. The zero-order valence-electron chi connectivity index (χ0n) is 6.47. The standard InChI is InChI=1S/C6H16N2OSi/c7-4-2-1-3-5(8)6(9)10/h5H,1-4,7-8H2,10H3. The van der Waals surface area contributed by atoms with Gasteiger partial charge in [0.2, 0.25) is 0 Å². The van der Waals surface area contributed by atoms with Crippen molar-refractivity contribution in [2.45, 2.75) is 25.3 Å². The van der Waals surface area contributed by atoms with Crippen LogP contribution in [-0.2, 0) is 4.79 Å². The fraction of sp³-hybridized carbons (Fsp3) is 0.833. The fourth-order valence-electron chi connectivity index (χ4n) is 0.712. The van der Waals surface area contributed by atoms with Gasteiger partial charge < -0.3 is 16.3 Å². The molecule has 0 fully saturated rings. The highest BCUT2D eigenvalue weighted by Crippen LogP contribution is 1.96. The lowest BCUT2D eigenvalue weighted by atomic mass is 10.1. The van der Waals surface area contributed by atoms with Gasteiger partial charge in [-0.05, 0) is 19.4 Å². The van der Waals surface area contributed by atoms with Crippen molar-refractivity contribution in [2.75, 3.05) is 6.54 Å². The molecule has 1 atom stereocenters. The molecule has 0 aliphatic heterocycles. The van der Waals surface area contributed by atoms with Crippen molar-refractivity contribution >= 4 is 15.6 Å². The van der Waals surface area contributed by atoms with Crippen LogP contribution in [0.15, 0.2) is 0 Å². The normalized spacial score (nSPS) is 13.4. The predicted molar refractivity (Wildman–Crippen MR) is 45.8 cm³/mol. The Labute approximate surface area is 64.6 Å². The van der Waals surface area contributed by atoms with Crippen LogP contribution in [0.4, 0.5) is 0 Å². The Morgan fingerprint density at radius 1 is 1.50 bits per heavy atom. The highest BCUT2D eigenvalue weighted by molar-refractivity contribution is 6.59. The molecular formula is C6H16N2OSi. The molecule has 0 heterocycles. The molecule has 0 amide bonds. The number of carbonyl (C=O) groups excluding carboxylic acids is 1. The summed E-state index contributed by atoms with van der Waals surface area (Å²) in [5, 5.41) is 0.206. The first-order chi connectivity index (χ1) is 4.68. The third-order valence-corrected chi connectivity index (χ3v) is 2.23. The van der Waals surface area contributed by atoms with E-state index in [1.165, 1.54) is 0 Å². The molecule has 4 N–H and O–H groups in total. The topological polar surface area (TPSA) is 69.1 Å². The van der Waals surface area contributed by atoms with E-state index >= 15 is 0 Å². The van der Waals surface area contributed by atoms with Crippen molar-refractivity contribution in [1.29, 1.82) is 0 Å². The van der Waals surface area contributed by atoms with Crippen LogP contribution in [0.2, 0.25) is 0 Å². The summed E-state index contributed by atoms with van der Waals surface area (Å²) >= 11 is 0. The Morgan fingerprint density at radius 2 is 2.10 bits per heavy atom. The van der Waals surface area contributed by atoms with Crippen LogP contribution in [0.3, 0.4) is 0 Å². The van der Waals surface area contributed by atoms with E-state index in [0.29, 0.717) is 16.8 Å². The number of nitrogens with two attached hydrogens (primary N) is 2. The van der Waals surface area contributed by atoms with E-state index in [9.17, 15) is 4.79 Å². The molecule has 0 bridgehead atoms. The summed E-state index contributed by atoms with van der Waals surface area (Å²) in [7, 11) is 0.576. The summed E-state index contributed by atoms with van der Waals surface area (Å²) in [5.74, 6) is 0. The van der Waals surface area contributed by atoms with Crippen LogP contribution >= 0.6 is 0 Å². The molecule has 60 valence electrons. The Kier molecular flexibility index (Phi) is 5.47. The van der Waals surface area contributed by atoms with Gasteiger partial charge in [-0.25, -0.2) is 0 Å². The van der Waals surface area contributed by atoms with E-state index in [2.05, 4.69) is 0 Å². The van der Waals surface area contributed by atoms with Crippen LogP contribution in [0.25, 0.3) is 0 Å². The minimum Gasteiger partial charge on any atom is -0.330 e. The highest BCUT2D eigenvalue weighted by atomic mass is 28.1. The second-order valence-electron chi connectivity index (χ2n) is 2.50. The summed E-state index contributed by atoms with van der Waals surface area (Å²) in [6, 6.07) is -0.210. The maximum absolute atomic E-state index is 10.6. The van der Waals surface area contributed by atoms with Gasteiger partial charge in [0, 0.05) is 0 Å². The maximum atomic E-state index is 10.6. The fourth-order valence-corrected chi connectivity index (χ4v) is 1.00. The zero-order valence-corrected chi connectivity index (χ0v) is 8.47. The molecular weight excluding hydrogens is 144 g/mol. The van der Waals surface area contributed by atoms with Gasteiger partial charge in [-0.3, -0.25) is 0 Å². The molecule has 1 unspecified atom stereocenters. The van der Waals surface area contributed by atoms with E-state index in [1.54, 1.807) is 0 Å². The van der Waals surface area contributed by atoms with Crippen LogP contribution in [0.1, 0.15) is 19.3 Å². The Hall–Kier alpha value is -0.193. The van der Waals surface area contributed by atoms with Crippen molar-refractivity contribution < 1.29 is 4.79 Å². The van der Waals surface area contributed by atoms with E-state index in [1.807, 2.05) is 0 Å². The summed E-state index contributed by atoms with van der Waals surface area (Å²) in [4.78, 5) is 10.6. The Bertz CT molecular complexity index is 108. The molecule has 4 heteroatoms. The largest absolute Gasteiger partial charge is 0.330 e. The molecule has 0 aliphatic carbocycles. The number of hydrogen-bond acceptors (Lipinski definition) is 3. The molecule has 0 aliphatic rings. The predicted octanol–water partition coefficient (Wildman–Crippen LogP) is -1.67. The lowest BCUT2D eigenvalue weighted by molar-refractivity contribution is -0.113. The van der Waals surface area contributed by atoms with Crippen molar-refractivity contribution in [2.24, 2.45) is 11.5 Å². The van der Waals surface area contributed by atoms with Crippen molar-refractivity contribution in [3.8, 4) is 0 Å². The van der Waals surface area contributed by atoms with Gasteiger partial charge in [0.25, 0.3) is 0 Å². The summed E-state index contributed by atoms with van der Waals surface area (Å²) in [6.07, 6.45) is 2.76. The lowest BCUT2D eigenvalue weighted by Gasteiger charge is -2.05. The molecule has 0 rings (SSSR count). The van der Waals surface area contributed by atoms with Gasteiger partial charge in [-0.2, -0.15) is 0 Å². The van der Waals surface area contributed by atoms with Crippen LogP contribution in [-0.4, -0.2) is 28.2 Å². The van der Waals surface area contributed by atoms with E-state index < -0.39 is 0 Å². The molecule has 0 aromatic heterocycles. The van der Waals surface area contributed by atoms with E-state index in [-0.39, 0.29) is 11.4 Å². The number of rotatable bonds is 5. The quantitative estimate of drug-likeness (QED) is 0.373. The minimum atomic E-state index is -0.210. The van der Waals surface area contributed by atoms with E-state index in [0.717, 1.165) is 19.3 Å². The minimum absolute atomic E-state index is 0.206. The van der Waals surface area contributed by atoms with Gasteiger partial charge in [0.05, 0.1) is 16.3 Å². The first-order valence-corrected chi connectivity index (χ1v) is 4.64. The molecule has 0 radical (unpaired) electrons. The van der Waals surface area contributed by atoms with Crippen molar-refractivity contribution in [3.63, 3.8) is 0 Å². The number of unbranched alkanes of at least 4 members (excludes halogenated alkanes) is 1. The first kappa shape index (κ1) is 9.81. The average molecular weight is 160 g/mol. The van der Waals surface area contributed by atoms with Crippen LogP contribution in [0, 0.1) is 0 Å². The first-order valence-electron chi connectivity index (χ1n) is 3.64.